The number of piperidine rings is 1. The van der Waals surface area contributed by atoms with Crippen molar-refractivity contribution in [2.75, 3.05) is 13.1 Å². The molecule has 0 radical (unpaired) electrons. The van der Waals surface area contributed by atoms with Crippen LogP contribution in [0, 0.1) is 19.7 Å². The molecule has 0 bridgehead atoms. The maximum atomic E-state index is 13.2. The van der Waals surface area contributed by atoms with Gasteiger partial charge in [-0.1, -0.05) is 18.6 Å². The molecule has 1 saturated carbocycles. The molecule has 4 rings (SSSR count). The van der Waals surface area contributed by atoms with E-state index in [0.29, 0.717) is 42.1 Å². The normalized spacial score (nSPS) is 19.4. The van der Waals surface area contributed by atoms with Crippen LogP contribution in [0.2, 0.25) is 0 Å². The lowest BCUT2D eigenvalue weighted by Crippen LogP contribution is -3.11. The molecule has 1 aliphatic carbocycles. The minimum Gasteiger partial charge on any atom is -0.310 e. The van der Waals surface area contributed by atoms with Crippen molar-refractivity contribution in [3.05, 3.63) is 47.0 Å². The summed E-state index contributed by atoms with van der Waals surface area (Å²) in [5.74, 6) is -0.229. The third kappa shape index (κ3) is 4.39. The molecular formula is C21H30FN4O2S+. The Labute approximate surface area is 172 Å². The standard InChI is InChI=1S/C21H29FN4O2S/c1-16-21(29(27,28)25-12-4-3-5-13-25)17(2)26(23-16)15-24(20-10-11-20)14-18-6-8-19(22)9-7-18/h6-9,20H,3-5,10-15H2,1-2H3/p+1. The summed E-state index contributed by atoms with van der Waals surface area (Å²) in [5.41, 5.74) is 2.37. The largest absolute Gasteiger partial charge is 0.310 e. The van der Waals surface area contributed by atoms with Crippen molar-refractivity contribution in [3.8, 4) is 0 Å². The Morgan fingerprint density at radius 1 is 1.10 bits per heavy atom. The molecule has 2 aromatic rings. The van der Waals surface area contributed by atoms with Gasteiger partial charge in [-0.3, -0.25) is 0 Å². The maximum Gasteiger partial charge on any atom is 0.246 e. The van der Waals surface area contributed by atoms with Crippen LogP contribution >= 0.6 is 0 Å². The molecule has 1 saturated heterocycles. The molecule has 1 N–H and O–H groups in total. The number of benzene rings is 1. The Balaban J connectivity index is 1.57. The van der Waals surface area contributed by atoms with Gasteiger partial charge in [0.05, 0.1) is 17.4 Å². The zero-order chi connectivity index (χ0) is 20.6. The van der Waals surface area contributed by atoms with Crippen LogP contribution in [0.5, 0.6) is 0 Å². The molecule has 1 aromatic carbocycles. The summed E-state index contributed by atoms with van der Waals surface area (Å²) in [6, 6.07) is 7.18. The Kier molecular flexibility index (Phi) is 5.77. The van der Waals surface area contributed by atoms with Crippen LogP contribution in [0.1, 0.15) is 49.1 Å². The molecule has 8 heteroatoms. The van der Waals surface area contributed by atoms with E-state index >= 15 is 0 Å². The van der Waals surface area contributed by atoms with Gasteiger partial charge in [0.2, 0.25) is 10.0 Å². The van der Waals surface area contributed by atoms with E-state index in [1.165, 1.54) is 17.0 Å². The number of halogens is 1. The predicted octanol–water partition coefficient (Wildman–Crippen LogP) is 2.02. The molecule has 1 aliphatic heterocycles. The van der Waals surface area contributed by atoms with Gasteiger partial charge in [-0.2, -0.15) is 9.40 Å². The second-order valence-electron chi connectivity index (χ2n) is 8.36. The molecule has 1 aromatic heterocycles. The van der Waals surface area contributed by atoms with Gasteiger partial charge in [-0.25, -0.2) is 17.5 Å². The molecule has 6 nitrogen and oxygen atoms in total. The lowest BCUT2D eigenvalue weighted by atomic mass is 10.2. The Bertz CT molecular complexity index is 961. The Hall–Kier alpha value is -1.77. The third-order valence-corrected chi connectivity index (χ3v) is 8.23. The maximum absolute atomic E-state index is 13.2. The number of hydrogen-bond donors (Lipinski definition) is 1. The van der Waals surface area contributed by atoms with E-state index in [0.717, 1.165) is 44.2 Å². The van der Waals surface area contributed by atoms with Crippen molar-refractivity contribution in [1.29, 1.82) is 0 Å². The summed E-state index contributed by atoms with van der Waals surface area (Å²) in [6.07, 6.45) is 5.25. The van der Waals surface area contributed by atoms with E-state index in [4.69, 9.17) is 0 Å². The summed E-state index contributed by atoms with van der Waals surface area (Å²) in [7, 11) is -3.51. The van der Waals surface area contributed by atoms with Gasteiger partial charge in [-0.15, -0.1) is 0 Å². The van der Waals surface area contributed by atoms with E-state index in [9.17, 15) is 12.8 Å². The summed E-state index contributed by atoms with van der Waals surface area (Å²) < 4.78 is 43.1. The molecular weight excluding hydrogens is 391 g/mol. The molecule has 1 unspecified atom stereocenters. The summed E-state index contributed by atoms with van der Waals surface area (Å²) in [5, 5.41) is 4.61. The van der Waals surface area contributed by atoms with E-state index in [1.807, 2.05) is 23.7 Å². The van der Waals surface area contributed by atoms with Crippen LogP contribution in [0.15, 0.2) is 29.2 Å². The van der Waals surface area contributed by atoms with Crippen molar-refractivity contribution in [1.82, 2.24) is 14.1 Å². The molecule has 29 heavy (non-hydrogen) atoms. The second kappa shape index (κ2) is 8.16. The molecule has 1 atom stereocenters. The fourth-order valence-electron chi connectivity index (χ4n) is 4.32. The quantitative estimate of drug-likeness (QED) is 0.744. The highest BCUT2D eigenvalue weighted by atomic mass is 32.2. The number of nitrogens with zero attached hydrogens (tertiary/aromatic N) is 3. The molecule has 0 amide bonds. The van der Waals surface area contributed by atoms with Crippen LogP contribution in [0.3, 0.4) is 0 Å². The number of aryl methyl sites for hydroxylation is 1. The van der Waals surface area contributed by atoms with Gasteiger partial charge >= 0.3 is 0 Å². The van der Waals surface area contributed by atoms with Gasteiger partial charge in [0.15, 0.2) is 6.67 Å². The van der Waals surface area contributed by atoms with Crippen LogP contribution in [-0.4, -0.2) is 41.6 Å². The van der Waals surface area contributed by atoms with Crippen molar-refractivity contribution in [2.24, 2.45) is 0 Å². The third-order valence-electron chi connectivity index (χ3n) is 6.08. The van der Waals surface area contributed by atoms with Crippen LogP contribution in [0.25, 0.3) is 0 Å². The van der Waals surface area contributed by atoms with Gasteiger partial charge in [0, 0.05) is 31.5 Å². The zero-order valence-electron chi connectivity index (χ0n) is 17.2. The van der Waals surface area contributed by atoms with Crippen molar-refractivity contribution in [3.63, 3.8) is 0 Å². The monoisotopic (exact) mass is 421 g/mol. The molecule has 158 valence electrons. The molecule has 2 fully saturated rings. The molecule has 2 heterocycles. The Morgan fingerprint density at radius 2 is 1.76 bits per heavy atom. The van der Waals surface area contributed by atoms with Crippen molar-refractivity contribution in [2.45, 2.75) is 70.1 Å². The van der Waals surface area contributed by atoms with Crippen molar-refractivity contribution < 1.29 is 17.7 Å². The number of hydrogen-bond acceptors (Lipinski definition) is 3. The SMILES string of the molecule is Cc1nn(C[NH+](Cc2ccc(F)cc2)C2CC2)c(C)c1S(=O)(=O)N1CCCCC1. The van der Waals surface area contributed by atoms with Crippen LogP contribution in [-0.2, 0) is 23.2 Å². The highest BCUT2D eigenvalue weighted by Crippen LogP contribution is 2.26. The Morgan fingerprint density at radius 3 is 2.38 bits per heavy atom. The highest BCUT2D eigenvalue weighted by Gasteiger charge is 2.36. The van der Waals surface area contributed by atoms with Gasteiger partial charge < -0.3 is 4.90 Å². The number of aromatic nitrogens is 2. The number of quaternary nitrogens is 1. The van der Waals surface area contributed by atoms with Gasteiger partial charge in [0.1, 0.15) is 17.3 Å². The fraction of sp³-hybridized carbons (Fsp3) is 0.571. The summed E-state index contributed by atoms with van der Waals surface area (Å²) in [6.45, 7) is 6.23. The summed E-state index contributed by atoms with van der Waals surface area (Å²) in [4.78, 5) is 1.71. The highest BCUT2D eigenvalue weighted by molar-refractivity contribution is 7.89. The zero-order valence-corrected chi connectivity index (χ0v) is 18.0. The van der Waals surface area contributed by atoms with Crippen LogP contribution in [0.4, 0.5) is 4.39 Å². The number of rotatable bonds is 7. The van der Waals surface area contributed by atoms with Crippen LogP contribution < -0.4 is 4.90 Å². The first-order chi connectivity index (χ1) is 13.9. The minimum absolute atomic E-state index is 0.229. The first-order valence-corrected chi connectivity index (χ1v) is 11.9. The number of sulfonamides is 1. The van der Waals surface area contributed by atoms with E-state index in [2.05, 4.69) is 5.10 Å². The summed E-state index contributed by atoms with van der Waals surface area (Å²) >= 11 is 0. The number of nitrogens with one attached hydrogen (secondary N) is 1. The average molecular weight is 422 g/mol. The molecule has 2 aliphatic rings. The van der Waals surface area contributed by atoms with E-state index in [1.54, 1.807) is 11.2 Å². The topological polar surface area (TPSA) is 59.6 Å². The van der Waals surface area contributed by atoms with Gasteiger partial charge in [0.25, 0.3) is 0 Å². The predicted molar refractivity (Wildman–Crippen MR) is 108 cm³/mol. The second-order valence-corrected chi connectivity index (χ2v) is 10.2. The molecule has 0 spiro atoms. The van der Waals surface area contributed by atoms with E-state index in [-0.39, 0.29) is 5.82 Å². The first kappa shape index (κ1) is 20.5. The lowest BCUT2D eigenvalue weighted by molar-refractivity contribution is -0.947. The van der Waals surface area contributed by atoms with Crippen molar-refractivity contribution >= 4 is 10.0 Å². The minimum atomic E-state index is -3.51. The van der Waals surface area contributed by atoms with E-state index < -0.39 is 10.0 Å². The van der Waals surface area contributed by atoms with Gasteiger partial charge in [-0.05, 0) is 38.8 Å². The first-order valence-electron chi connectivity index (χ1n) is 10.5. The smallest absolute Gasteiger partial charge is 0.246 e. The average Bonchev–Trinajstić information content (AvgIpc) is 3.50. The fourth-order valence-corrected chi connectivity index (χ4v) is 6.21. The lowest BCUT2D eigenvalue weighted by Gasteiger charge is -2.26.